The Balaban J connectivity index is 2.22. The first kappa shape index (κ1) is 12.3. The highest BCUT2D eigenvalue weighted by atomic mass is 19.1. The average molecular weight is 271 g/mol. The molecule has 0 saturated carbocycles. The highest BCUT2D eigenvalue weighted by molar-refractivity contribution is 5.78. The van der Waals surface area contributed by atoms with Crippen molar-refractivity contribution >= 4 is 10.9 Å². The summed E-state index contributed by atoms with van der Waals surface area (Å²) in [6.07, 6.45) is 0. The summed E-state index contributed by atoms with van der Waals surface area (Å²) < 4.78 is 24.0. The number of hydrogen-bond acceptors (Lipinski definition) is 4. The van der Waals surface area contributed by atoms with Crippen molar-refractivity contribution in [3.8, 4) is 17.2 Å². The van der Waals surface area contributed by atoms with Gasteiger partial charge in [-0.05, 0) is 24.3 Å². The van der Waals surface area contributed by atoms with Gasteiger partial charge in [0.15, 0.2) is 0 Å². The zero-order chi connectivity index (χ0) is 14.1. The molecule has 0 saturated heterocycles. The van der Waals surface area contributed by atoms with Gasteiger partial charge in [0.2, 0.25) is 5.89 Å². The van der Waals surface area contributed by atoms with Gasteiger partial charge in [-0.3, -0.25) is 0 Å². The molecule has 3 rings (SSSR count). The third-order valence-electron chi connectivity index (χ3n) is 2.94. The van der Waals surface area contributed by atoms with Crippen molar-refractivity contribution in [2.75, 3.05) is 7.11 Å². The van der Waals surface area contributed by atoms with E-state index in [1.165, 1.54) is 19.2 Å². The lowest BCUT2D eigenvalue weighted by Crippen LogP contribution is -2.03. The van der Waals surface area contributed by atoms with Crippen molar-refractivity contribution < 1.29 is 13.5 Å². The number of aromatic nitrogens is 1. The van der Waals surface area contributed by atoms with Crippen molar-refractivity contribution in [3.05, 3.63) is 58.7 Å². The number of halogens is 1. The standard InChI is InChI=1S/C15H10FNO3/c1-19-9-6-7-10(12(16)8-9)14-17-13-5-3-2-4-11(13)15(18)20-14/h2-8H,1H3. The number of hydrogen-bond donors (Lipinski definition) is 0. The highest BCUT2D eigenvalue weighted by Crippen LogP contribution is 2.25. The molecule has 0 atom stereocenters. The number of rotatable bonds is 2. The predicted octanol–water partition coefficient (Wildman–Crippen LogP) is 3.00. The van der Waals surface area contributed by atoms with E-state index in [9.17, 15) is 9.18 Å². The van der Waals surface area contributed by atoms with Crippen molar-refractivity contribution in [2.45, 2.75) is 0 Å². The van der Waals surface area contributed by atoms with E-state index in [-0.39, 0.29) is 11.5 Å². The summed E-state index contributed by atoms with van der Waals surface area (Å²) >= 11 is 0. The molecule has 0 fully saturated rings. The number of benzene rings is 2. The molecule has 0 aliphatic rings. The smallest absolute Gasteiger partial charge is 0.347 e. The lowest BCUT2D eigenvalue weighted by molar-refractivity contribution is 0.411. The van der Waals surface area contributed by atoms with Crippen LogP contribution in [0.5, 0.6) is 5.75 Å². The fourth-order valence-electron chi connectivity index (χ4n) is 1.93. The van der Waals surface area contributed by atoms with E-state index in [0.29, 0.717) is 16.7 Å². The van der Waals surface area contributed by atoms with Gasteiger partial charge in [-0.15, -0.1) is 0 Å². The molecule has 0 amide bonds. The second-order valence-corrected chi connectivity index (χ2v) is 4.17. The minimum Gasteiger partial charge on any atom is -0.497 e. The third-order valence-corrected chi connectivity index (χ3v) is 2.94. The summed E-state index contributed by atoms with van der Waals surface area (Å²) in [4.78, 5) is 16.0. The van der Waals surface area contributed by atoms with Gasteiger partial charge in [-0.2, -0.15) is 0 Å². The van der Waals surface area contributed by atoms with Crippen LogP contribution in [-0.2, 0) is 0 Å². The fraction of sp³-hybridized carbons (Fsp3) is 0.0667. The predicted molar refractivity (Wildman–Crippen MR) is 72.2 cm³/mol. The van der Waals surface area contributed by atoms with Crippen LogP contribution in [0, 0.1) is 5.82 Å². The zero-order valence-electron chi connectivity index (χ0n) is 10.6. The first-order valence-electron chi connectivity index (χ1n) is 5.93. The molecule has 0 N–H and O–H groups in total. The molecule has 2 aromatic carbocycles. The summed E-state index contributed by atoms with van der Waals surface area (Å²) in [5.41, 5.74) is 0.0449. The summed E-state index contributed by atoms with van der Waals surface area (Å²) in [5, 5.41) is 0.366. The zero-order valence-corrected chi connectivity index (χ0v) is 10.6. The molecule has 3 aromatic rings. The van der Waals surface area contributed by atoms with Crippen LogP contribution in [0.25, 0.3) is 22.4 Å². The molecular weight excluding hydrogens is 261 g/mol. The summed E-state index contributed by atoms with van der Waals surface area (Å²) in [6, 6.07) is 11.0. The quantitative estimate of drug-likeness (QED) is 0.719. The molecule has 1 aromatic heterocycles. The molecule has 20 heavy (non-hydrogen) atoms. The van der Waals surface area contributed by atoms with Gasteiger partial charge in [0.05, 0.1) is 23.6 Å². The first-order valence-corrected chi connectivity index (χ1v) is 5.93. The van der Waals surface area contributed by atoms with Crippen LogP contribution in [0.3, 0.4) is 0 Å². The molecule has 1 heterocycles. The minimum atomic E-state index is -0.560. The molecule has 0 aliphatic carbocycles. The van der Waals surface area contributed by atoms with Gasteiger partial charge in [0.25, 0.3) is 0 Å². The number of ether oxygens (including phenoxy) is 1. The van der Waals surface area contributed by atoms with E-state index in [1.807, 2.05) is 0 Å². The third kappa shape index (κ3) is 2.03. The lowest BCUT2D eigenvalue weighted by atomic mass is 10.2. The van der Waals surface area contributed by atoms with Crippen molar-refractivity contribution in [1.82, 2.24) is 4.98 Å². The molecule has 100 valence electrons. The van der Waals surface area contributed by atoms with Gasteiger partial charge >= 0.3 is 5.63 Å². The normalized spacial score (nSPS) is 10.7. The molecule has 0 spiro atoms. The van der Waals surface area contributed by atoms with Crippen molar-refractivity contribution in [1.29, 1.82) is 0 Å². The Bertz CT molecular complexity index is 842. The second kappa shape index (κ2) is 4.77. The van der Waals surface area contributed by atoms with E-state index < -0.39 is 11.4 Å². The maximum atomic E-state index is 14.0. The van der Waals surface area contributed by atoms with E-state index in [0.717, 1.165) is 0 Å². The molecule has 0 bridgehead atoms. The van der Waals surface area contributed by atoms with Gasteiger partial charge < -0.3 is 9.15 Å². The average Bonchev–Trinajstić information content (AvgIpc) is 2.47. The van der Waals surface area contributed by atoms with Crippen LogP contribution in [0.4, 0.5) is 4.39 Å². The monoisotopic (exact) mass is 271 g/mol. The Morgan fingerprint density at radius 2 is 2.00 bits per heavy atom. The van der Waals surface area contributed by atoms with Crippen LogP contribution >= 0.6 is 0 Å². The maximum absolute atomic E-state index is 14.0. The van der Waals surface area contributed by atoms with Gasteiger partial charge in [0, 0.05) is 6.07 Å². The Kier molecular flexibility index (Phi) is 2.95. The van der Waals surface area contributed by atoms with E-state index >= 15 is 0 Å². The van der Waals surface area contributed by atoms with Crippen LogP contribution in [0.15, 0.2) is 51.7 Å². The topological polar surface area (TPSA) is 52.3 Å². The van der Waals surface area contributed by atoms with E-state index in [2.05, 4.69) is 4.98 Å². The maximum Gasteiger partial charge on any atom is 0.347 e. The molecular formula is C15H10FNO3. The van der Waals surface area contributed by atoms with Gasteiger partial charge in [0.1, 0.15) is 11.6 Å². The van der Waals surface area contributed by atoms with Crippen molar-refractivity contribution in [2.24, 2.45) is 0 Å². The van der Waals surface area contributed by atoms with Gasteiger partial charge in [-0.1, -0.05) is 12.1 Å². The lowest BCUT2D eigenvalue weighted by Gasteiger charge is -2.05. The number of nitrogens with zero attached hydrogens (tertiary/aromatic N) is 1. The first-order chi connectivity index (χ1) is 9.69. The van der Waals surface area contributed by atoms with Gasteiger partial charge in [-0.25, -0.2) is 14.2 Å². The molecule has 0 unspecified atom stereocenters. The fourth-order valence-corrected chi connectivity index (χ4v) is 1.93. The summed E-state index contributed by atoms with van der Waals surface area (Å²) in [5.74, 6) is -0.224. The summed E-state index contributed by atoms with van der Waals surface area (Å²) in [7, 11) is 1.45. The molecule has 4 nitrogen and oxygen atoms in total. The second-order valence-electron chi connectivity index (χ2n) is 4.17. The number of methoxy groups -OCH3 is 1. The minimum absolute atomic E-state index is 0.0474. The highest BCUT2D eigenvalue weighted by Gasteiger charge is 2.13. The van der Waals surface area contributed by atoms with E-state index in [1.54, 1.807) is 30.3 Å². The Labute approximate surface area is 113 Å². The molecule has 5 heteroatoms. The Morgan fingerprint density at radius 1 is 1.20 bits per heavy atom. The summed E-state index contributed by atoms with van der Waals surface area (Å²) in [6.45, 7) is 0. The Hall–Kier alpha value is -2.69. The number of fused-ring (bicyclic) bond motifs is 1. The van der Waals surface area contributed by atoms with E-state index in [4.69, 9.17) is 9.15 Å². The van der Waals surface area contributed by atoms with Crippen LogP contribution in [0.2, 0.25) is 0 Å². The largest absolute Gasteiger partial charge is 0.497 e. The molecule has 0 radical (unpaired) electrons. The van der Waals surface area contributed by atoms with Crippen molar-refractivity contribution in [3.63, 3.8) is 0 Å². The Morgan fingerprint density at radius 3 is 2.75 bits per heavy atom. The van der Waals surface area contributed by atoms with Crippen LogP contribution in [0.1, 0.15) is 0 Å². The van der Waals surface area contributed by atoms with Crippen LogP contribution in [-0.4, -0.2) is 12.1 Å². The van der Waals surface area contributed by atoms with Crippen LogP contribution < -0.4 is 10.4 Å². The SMILES string of the molecule is COc1ccc(-c2nc3ccccc3c(=O)o2)c(F)c1. The molecule has 0 aliphatic heterocycles. The number of para-hydroxylation sites is 1.